The molecule has 338 valence electrons. The first-order chi connectivity index (χ1) is 35.7. The van der Waals surface area contributed by atoms with Gasteiger partial charge in [0, 0.05) is 32.7 Å². The summed E-state index contributed by atoms with van der Waals surface area (Å²) in [7, 11) is 0. The van der Waals surface area contributed by atoms with Gasteiger partial charge in [0.05, 0.1) is 61.6 Å². The summed E-state index contributed by atoms with van der Waals surface area (Å²) in [5.74, 6) is 1.39. The molecule has 0 unspecified atom stereocenters. The molecule has 7 heteroatoms. The smallest absolute Gasteiger partial charge is 0.269 e. The number of imidazole rings is 1. The van der Waals surface area contributed by atoms with Crippen LogP contribution in [0.3, 0.4) is 0 Å². The van der Waals surface area contributed by atoms with E-state index in [0.717, 1.165) is 83.9 Å². The number of hydrogen-bond donors (Lipinski definition) is 0. The third-order valence-electron chi connectivity index (χ3n) is 13.8. The van der Waals surface area contributed by atoms with E-state index in [1.807, 2.05) is 42.5 Å². The summed E-state index contributed by atoms with van der Waals surface area (Å²) < 4.78 is 15.9. The topological polar surface area (TPSA) is 53.7 Å². The molecule has 4 heterocycles. The number of benzene rings is 10. The molecule has 0 fully saturated rings. The van der Waals surface area contributed by atoms with Crippen LogP contribution in [0.5, 0.6) is 11.5 Å². The van der Waals surface area contributed by atoms with Crippen molar-refractivity contribution in [3.8, 4) is 67.9 Å². The Bertz CT molecular complexity index is 4140. The molecule has 0 aliphatic carbocycles. The zero-order valence-electron chi connectivity index (χ0n) is 38.8. The van der Waals surface area contributed by atoms with Gasteiger partial charge in [-0.2, -0.15) is 0 Å². The average molecular weight is 923 g/mol. The number of fused-ring (bicyclic) bond motifs is 7. The molecular formula is C65H42N6O. The van der Waals surface area contributed by atoms with Crippen LogP contribution in [-0.2, 0) is 0 Å². The molecule has 0 saturated heterocycles. The summed E-state index contributed by atoms with van der Waals surface area (Å²) in [5, 5.41) is 4.80. The van der Waals surface area contributed by atoms with Crippen LogP contribution < -0.4 is 9.30 Å². The molecule has 7 nitrogen and oxygen atoms in total. The van der Waals surface area contributed by atoms with Gasteiger partial charge in [0.15, 0.2) is 0 Å². The Morgan fingerprint density at radius 2 is 0.819 bits per heavy atom. The lowest BCUT2D eigenvalue weighted by atomic mass is 10.0. The summed E-state index contributed by atoms with van der Waals surface area (Å²) in [6.45, 7) is 0. The van der Waals surface area contributed by atoms with Crippen molar-refractivity contribution < 1.29 is 9.30 Å². The highest BCUT2D eigenvalue weighted by atomic mass is 16.5. The average Bonchev–Trinajstić information content (AvgIpc) is 4.12. The predicted octanol–water partition coefficient (Wildman–Crippen LogP) is 15.5. The van der Waals surface area contributed by atoms with E-state index < -0.39 is 0 Å². The Labute approximate surface area is 415 Å². The third kappa shape index (κ3) is 6.86. The first kappa shape index (κ1) is 41.2. The molecule has 72 heavy (non-hydrogen) atoms. The molecule has 4 aromatic heterocycles. The van der Waals surface area contributed by atoms with Crippen molar-refractivity contribution in [1.29, 1.82) is 0 Å². The molecule has 0 atom stereocenters. The summed E-state index contributed by atoms with van der Waals surface area (Å²) in [6.07, 6.45) is 5.54. The van der Waals surface area contributed by atoms with Gasteiger partial charge in [-0.3, -0.25) is 9.13 Å². The maximum atomic E-state index is 6.69. The Kier molecular flexibility index (Phi) is 9.70. The second-order valence-electron chi connectivity index (χ2n) is 18.0. The maximum Gasteiger partial charge on any atom is 0.269 e. The highest BCUT2D eigenvalue weighted by molar-refractivity contribution is 6.11. The van der Waals surface area contributed by atoms with E-state index in [-0.39, 0.29) is 0 Å². The zero-order chi connectivity index (χ0) is 47.5. The fourth-order valence-electron chi connectivity index (χ4n) is 10.6. The molecule has 0 radical (unpaired) electrons. The van der Waals surface area contributed by atoms with Gasteiger partial charge in [-0.1, -0.05) is 176 Å². The highest BCUT2D eigenvalue weighted by Crippen LogP contribution is 2.39. The molecule has 0 spiro atoms. The fraction of sp³-hybridized carbons (Fsp3) is 0. The van der Waals surface area contributed by atoms with Crippen LogP contribution in [0.15, 0.2) is 255 Å². The van der Waals surface area contributed by atoms with Gasteiger partial charge in [-0.15, -0.1) is 0 Å². The summed E-state index contributed by atoms with van der Waals surface area (Å²) in [5.41, 5.74) is 16.4. The molecule has 14 rings (SSSR count). The van der Waals surface area contributed by atoms with Crippen LogP contribution in [0.1, 0.15) is 0 Å². The quantitative estimate of drug-likeness (QED) is 0.107. The monoisotopic (exact) mass is 922 g/mol. The van der Waals surface area contributed by atoms with Crippen LogP contribution in [0.4, 0.5) is 0 Å². The van der Waals surface area contributed by atoms with E-state index in [0.29, 0.717) is 11.5 Å². The standard InChI is InChI=1S/C65H42N6O/c1-2-17-44(18-3-1)45-35-37-46(38-36-45)55-41-56(67-42-66-55)47-19-14-21-49(39-47)72-50-22-15-20-48(40-50)68-43-69(62-32-13-12-31-61(62)68)65-63(70-57-27-8-4-23-51(57)52-24-5-9-28-58(52)70)33-16-34-64(65)71-59-29-10-6-25-53(59)54-26-7-11-30-60(54)71/h1-42H. The summed E-state index contributed by atoms with van der Waals surface area (Å²) >= 11 is 0. The Morgan fingerprint density at radius 1 is 0.361 bits per heavy atom. The molecule has 0 bridgehead atoms. The van der Waals surface area contributed by atoms with Gasteiger partial charge < -0.3 is 13.9 Å². The number of aromatic nitrogens is 6. The van der Waals surface area contributed by atoms with Crippen molar-refractivity contribution >= 4 is 54.6 Å². The Balaban J connectivity index is 0.884. The van der Waals surface area contributed by atoms with Crippen molar-refractivity contribution in [3.63, 3.8) is 0 Å². The summed E-state index contributed by atoms with van der Waals surface area (Å²) in [4.78, 5) is 9.32. The lowest BCUT2D eigenvalue weighted by Crippen LogP contribution is -2.33. The van der Waals surface area contributed by atoms with Crippen molar-refractivity contribution in [2.45, 2.75) is 0 Å². The highest BCUT2D eigenvalue weighted by Gasteiger charge is 2.24. The number of nitrogens with zero attached hydrogens (tertiary/aromatic N) is 6. The molecule has 0 aliphatic heterocycles. The van der Waals surface area contributed by atoms with Gasteiger partial charge in [0.1, 0.15) is 23.5 Å². The second-order valence-corrected chi connectivity index (χ2v) is 18.0. The normalized spacial score (nSPS) is 11.6. The van der Waals surface area contributed by atoms with Crippen molar-refractivity contribution in [1.82, 2.24) is 23.7 Å². The van der Waals surface area contributed by atoms with E-state index in [1.54, 1.807) is 6.33 Å². The SMILES string of the molecule is [c-]1n(-c2cccc(Oc3cccc(-c4cc(-c5ccc(-c6ccccc6)cc5)ncn4)c3)c2)c2ccccc2[n+]1-c1c(-n2c3ccccc3c3ccccc32)cccc1-n1c2ccccc2c2ccccc21. The van der Waals surface area contributed by atoms with Crippen molar-refractivity contribution in [3.05, 3.63) is 261 Å². The maximum absolute atomic E-state index is 6.69. The molecular weight excluding hydrogens is 881 g/mol. The van der Waals surface area contributed by atoms with Crippen LogP contribution in [0, 0.1) is 6.33 Å². The molecule has 0 amide bonds. The molecule has 0 saturated carbocycles. The van der Waals surface area contributed by atoms with E-state index >= 15 is 0 Å². The predicted molar refractivity (Wildman–Crippen MR) is 291 cm³/mol. The minimum atomic E-state index is 0.695. The fourth-order valence-corrected chi connectivity index (χ4v) is 10.6. The number of para-hydroxylation sites is 7. The number of hydrogen-bond acceptors (Lipinski definition) is 3. The lowest BCUT2D eigenvalue weighted by molar-refractivity contribution is -0.571. The second kappa shape index (κ2) is 17.0. The largest absolute Gasteiger partial charge is 0.458 e. The van der Waals surface area contributed by atoms with Gasteiger partial charge in [-0.25, -0.2) is 9.97 Å². The minimum absolute atomic E-state index is 0.695. The van der Waals surface area contributed by atoms with Crippen LogP contribution >= 0.6 is 0 Å². The van der Waals surface area contributed by atoms with Crippen molar-refractivity contribution in [2.24, 2.45) is 0 Å². The third-order valence-corrected chi connectivity index (χ3v) is 13.8. The molecule has 14 aromatic rings. The first-order valence-corrected chi connectivity index (χ1v) is 24.1. The summed E-state index contributed by atoms with van der Waals surface area (Å²) in [6, 6.07) is 87.2. The number of rotatable bonds is 9. The Hall–Kier alpha value is -9.85. The van der Waals surface area contributed by atoms with Gasteiger partial charge >= 0.3 is 0 Å². The number of ether oxygens (including phenoxy) is 1. The first-order valence-electron chi connectivity index (χ1n) is 24.1. The minimum Gasteiger partial charge on any atom is -0.458 e. The lowest BCUT2D eigenvalue weighted by Gasteiger charge is -2.20. The van der Waals surface area contributed by atoms with Crippen LogP contribution in [-0.4, -0.2) is 23.7 Å². The van der Waals surface area contributed by atoms with Crippen molar-refractivity contribution in [2.75, 3.05) is 0 Å². The Morgan fingerprint density at radius 3 is 1.43 bits per heavy atom. The van der Waals surface area contributed by atoms with Gasteiger partial charge in [0.2, 0.25) is 0 Å². The van der Waals surface area contributed by atoms with Crippen LogP contribution in [0.2, 0.25) is 0 Å². The van der Waals surface area contributed by atoms with E-state index in [1.165, 1.54) is 27.1 Å². The molecule has 0 aliphatic rings. The molecule has 10 aromatic carbocycles. The van der Waals surface area contributed by atoms with E-state index in [9.17, 15) is 0 Å². The molecule has 0 N–H and O–H groups in total. The van der Waals surface area contributed by atoms with Gasteiger partial charge in [0.25, 0.3) is 6.33 Å². The van der Waals surface area contributed by atoms with E-state index in [2.05, 4.69) is 241 Å². The van der Waals surface area contributed by atoms with E-state index in [4.69, 9.17) is 4.74 Å². The zero-order valence-corrected chi connectivity index (χ0v) is 38.8. The van der Waals surface area contributed by atoms with Crippen LogP contribution in [0.25, 0.3) is 111 Å². The van der Waals surface area contributed by atoms with Gasteiger partial charge in [-0.05, 0) is 83.9 Å².